The number of thiophene rings is 1. The fourth-order valence-electron chi connectivity index (χ4n) is 2.30. The third-order valence-electron chi connectivity index (χ3n) is 3.47. The van der Waals surface area contributed by atoms with Crippen molar-refractivity contribution in [3.8, 4) is 0 Å². The van der Waals surface area contributed by atoms with Gasteiger partial charge < -0.3 is 10.6 Å². The smallest absolute Gasteiger partial charge is 0.222 e. The summed E-state index contributed by atoms with van der Waals surface area (Å²) in [5.74, 6) is 0.186. The van der Waals surface area contributed by atoms with Gasteiger partial charge in [0.25, 0.3) is 0 Å². The minimum absolute atomic E-state index is 0. The quantitative estimate of drug-likeness (QED) is 0.708. The number of hydrogen-bond donors (Lipinski definition) is 1. The Morgan fingerprint density at radius 3 is 2.52 bits per heavy atom. The number of amides is 1. The second kappa shape index (κ2) is 10.8. The van der Waals surface area contributed by atoms with Crippen molar-refractivity contribution in [3.05, 3.63) is 56.7 Å². The fourth-order valence-corrected chi connectivity index (χ4v) is 3.75. The Bertz CT molecular complexity index is 591. The van der Waals surface area contributed by atoms with Gasteiger partial charge in [-0.3, -0.25) is 4.79 Å². The van der Waals surface area contributed by atoms with Crippen LogP contribution in [0.2, 0.25) is 0 Å². The van der Waals surface area contributed by atoms with Crippen molar-refractivity contribution in [2.24, 2.45) is 5.73 Å². The van der Waals surface area contributed by atoms with Crippen molar-refractivity contribution in [2.75, 3.05) is 19.6 Å². The Balaban J connectivity index is 0.00000264. The largest absolute Gasteiger partial charge is 0.341 e. The summed E-state index contributed by atoms with van der Waals surface area (Å²) in [4.78, 5) is 15.5. The monoisotopic (exact) mass is 416 g/mol. The van der Waals surface area contributed by atoms with Gasteiger partial charge in [-0.25, -0.2) is 0 Å². The molecule has 0 fully saturated rings. The molecular weight excluding hydrogens is 396 g/mol. The van der Waals surface area contributed by atoms with E-state index in [9.17, 15) is 4.79 Å². The molecule has 0 aliphatic rings. The summed E-state index contributed by atoms with van der Waals surface area (Å²) in [6.07, 6.45) is 2.21. The Hall–Kier alpha value is -0.880. The van der Waals surface area contributed by atoms with Crippen LogP contribution in [0.4, 0.5) is 0 Å². The summed E-state index contributed by atoms with van der Waals surface area (Å²) in [6, 6.07) is 12.3. The molecular formula is C17H22BrClN2OS. The van der Waals surface area contributed by atoms with E-state index in [2.05, 4.69) is 34.1 Å². The second-order valence-electron chi connectivity index (χ2n) is 5.14. The van der Waals surface area contributed by atoms with Gasteiger partial charge >= 0.3 is 0 Å². The molecule has 1 heterocycles. The molecule has 0 saturated heterocycles. The zero-order valence-corrected chi connectivity index (χ0v) is 16.1. The molecule has 0 unspecified atom stereocenters. The molecule has 1 amide bonds. The molecule has 1 aromatic heterocycles. The molecule has 0 aliphatic heterocycles. The van der Waals surface area contributed by atoms with Gasteiger partial charge in [0.15, 0.2) is 0 Å². The average Bonchev–Trinajstić information content (AvgIpc) is 2.95. The predicted octanol–water partition coefficient (Wildman–Crippen LogP) is 3.90. The number of hydrogen-bond acceptors (Lipinski definition) is 3. The lowest BCUT2D eigenvalue weighted by Gasteiger charge is -2.22. The van der Waals surface area contributed by atoms with Gasteiger partial charge in [0.05, 0.1) is 0 Å². The Labute approximate surface area is 156 Å². The fraction of sp³-hybridized carbons (Fsp3) is 0.353. The minimum Gasteiger partial charge on any atom is -0.341 e. The van der Waals surface area contributed by atoms with E-state index >= 15 is 0 Å². The highest BCUT2D eigenvalue weighted by Gasteiger charge is 2.13. The van der Waals surface area contributed by atoms with Crippen molar-refractivity contribution in [2.45, 2.75) is 19.3 Å². The van der Waals surface area contributed by atoms with Crippen LogP contribution in [0.25, 0.3) is 0 Å². The number of carbonyl (C=O) groups is 1. The van der Waals surface area contributed by atoms with Crippen molar-refractivity contribution in [1.29, 1.82) is 0 Å². The van der Waals surface area contributed by atoms with Crippen molar-refractivity contribution in [3.63, 3.8) is 0 Å². The highest BCUT2D eigenvalue weighted by atomic mass is 79.9. The van der Waals surface area contributed by atoms with Crippen LogP contribution in [-0.4, -0.2) is 30.4 Å². The van der Waals surface area contributed by atoms with E-state index in [0.717, 1.165) is 23.9 Å². The average molecular weight is 418 g/mol. The Morgan fingerprint density at radius 2 is 1.91 bits per heavy atom. The van der Waals surface area contributed by atoms with Crippen LogP contribution in [-0.2, 0) is 17.6 Å². The Kier molecular flexibility index (Phi) is 9.48. The first-order valence-corrected chi connectivity index (χ1v) is 9.11. The zero-order valence-electron chi connectivity index (χ0n) is 12.9. The SMILES string of the molecule is Cl.NCCN(CCc1ccccc1)C(=O)CCc1cc(Br)cs1. The van der Waals surface area contributed by atoms with Crippen molar-refractivity contribution >= 4 is 45.6 Å². The van der Waals surface area contributed by atoms with Crippen LogP contribution in [0, 0.1) is 0 Å². The molecule has 1 aromatic carbocycles. The van der Waals surface area contributed by atoms with Crippen LogP contribution in [0.3, 0.4) is 0 Å². The predicted molar refractivity (Wildman–Crippen MR) is 103 cm³/mol. The Morgan fingerprint density at radius 1 is 1.17 bits per heavy atom. The van der Waals surface area contributed by atoms with E-state index in [1.165, 1.54) is 10.4 Å². The highest BCUT2D eigenvalue weighted by molar-refractivity contribution is 9.10. The second-order valence-corrected chi connectivity index (χ2v) is 7.05. The van der Waals surface area contributed by atoms with E-state index in [-0.39, 0.29) is 18.3 Å². The van der Waals surface area contributed by atoms with Gasteiger partial charge in [-0.1, -0.05) is 30.3 Å². The van der Waals surface area contributed by atoms with Gasteiger partial charge in [-0.05, 0) is 40.4 Å². The lowest BCUT2D eigenvalue weighted by atomic mass is 10.1. The van der Waals surface area contributed by atoms with Crippen LogP contribution in [0.5, 0.6) is 0 Å². The number of benzene rings is 1. The molecule has 2 aromatic rings. The maximum absolute atomic E-state index is 12.4. The first kappa shape index (κ1) is 20.2. The van der Waals surface area contributed by atoms with E-state index < -0.39 is 0 Å². The summed E-state index contributed by atoms with van der Waals surface area (Å²) in [7, 11) is 0. The van der Waals surface area contributed by atoms with E-state index in [1.807, 2.05) is 28.5 Å². The zero-order chi connectivity index (χ0) is 15.8. The van der Waals surface area contributed by atoms with Gasteiger partial charge in [-0.15, -0.1) is 23.7 Å². The third kappa shape index (κ3) is 7.04. The topological polar surface area (TPSA) is 46.3 Å². The number of nitrogens with zero attached hydrogens (tertiary/aromatic N) is 1. The van der Waals surface area contributed by atoms with Crippen LogP contribution < -0.4 is 5.73 Å². The molecule has 0 bridgehead atoms. The summed E-state index contributed by atoms with van der Waals surface area (Å²) >= 11 is 5.13. The van der Waals surface area contributed by atoms with Gasteiger partial charge in [0.1, 0.15) is 0 Å². The third-order valence-corrected chi connectivity index (χ3v) is 5.23. The molecule has 0 spiro atoms. The molecule has 23 heavy (non-hydrogen) atoms. The molecule has 0 saturated carbocycles. The van der Waals surface area contributed by atoms with E-state index in [1.54, 1.807) is 11.3 Å². The lowest BCUT2D eigenvalue weighted by molar-refractivity contribution is -0.131. The number of carbonyl (C=O) groups excluding carboxylic acids is 1. The number of nitrogens with two attached hydrogens (primary N) is 1. The number of halogens is 2. The molecule has 3 nitrogen and oxygen atoms in total. The van der Waals surface area contributed by atoms with Gasteiger partial charge in [0.2, 0.25) is 5.91 Å². The molecule has 2 rings (SSSR count). The lowest BCUT2D eigenvalue weighted by Crippen LogP contribution is -2.37. The first-order chi connectivity index (χ1) is 10.7. The molecule has 2 N–H and O–H groups in total. The van der Waals surface area contributed by atoms with Gasteiger partial charge in [0, 0.05) is 40.8 Å². The maximum atomic E-state index is 12.4. The summed E-state index contributed by atoms with van der Waals surface area (Å²) in [6.45, 7) is 1.86. The van der Waals surface area contributed by atoms with Crippen LogP contribution >= 0.6 is 39.7 Å². The standard InChI is InChI=1S/C17H21BrN2OS.ClH/c18-15-12-16(22-13-15)6-7-17(21)20(11-9-19)10-8-14-4-2-1-3-5-14;/h1-5,12-13H,6-11,19H2;1H. The summed E-state index contributed by atoms with van der Waals surface area (Å²) in [5.41, 5.74) is 6.90. The van der Waals surface area contributed by atoms with Crippen LogP contribution in [0.15, 0.2) is 46.3 Å². The van der Waals surface area contributed by atoms with Crippen molar-refractivity contribution in [1.82, 2.24) is 4.90 Å². The molecule has 0 atom stereocenters. The normalized spacial score (nSPS) is 10.2. The van der Waals surface area contributed by atoms with Crippen LogP contribution in [0.1, 0.15) is 16.9 Å². The summed E-state index contributed by atoms with van der Waals surface area (Å²) < 4.78 is 1.09. The van der Waals surface area contributed by atoms with E-state index in [0.29, 0.717) is 19.5 Å². The highest BCUT2D eigenvalue weighted by Crippen LogP contribution is 2.21. The number of aryl methyl sites for hydroxylation is 1. The van der Waals surface area contributed by atoms with E-state index in [4.69, 9.17) is 5.73 Å². The molecule has 0 aliphatic carbocycles. The van der Waals surface area contributed by atoms with Gasteiger partial charge in [-0.2, -0.15) is 0 Å². The molecule has 6 heteroatoms. The summed E-state index contributed by atoms with van der Waals surface area (Å²) in [5, 5.41) is 2.05. The molecule has 126 valence electrons. The maximum Gasteiger partial charge on any atom is 0.222 e. The minimum atomic E-state index is 0. The first-order valence-electron chi connectivity index (χ1n) is 7.43. The number of rotatable bonds is 8. The van der Waals surface area contributed by atoms with Crippen molar-refractivity contribution < 1.29 is 4.79 Å². The molecule has 0 radical (unpaired) electrons.